The van der Waals surface area contributed by atoms with E-state index in [1.807, 2.05) is 62.4 Å². The van der Waals surface area contributed by atoms with Crippen molar-refractivity contribution in [3.8, 4) is 0 Å². The molecule has 144 valence electrons. The topological polar surface area (TPSA) is 49.4 Å². The third-order valence-corrected chi connectivity index (χ3v) is 4.91. The fraction of sp³-hybridized carbons (Fsp3) is 0.0833. The van der Waals surface area contributed by atoms with E-state index >= 15 is 0 Å². The molecular formula is C24H19FN2O2. The zero-order valence-electron chi connectivity index (χ0n) is 16.1. The standard InChI is InChI=1S/C24H19FN2O2/c1-15-7-9-17(10-8-15)21-22(26-20-6-4-3-5-16(20)2)24(29)27(23(21)28)19-13-11-18(25)12-14-19/h3-14,26H,1-2H3. The number of imide groups is 1. The maximum absolute atomic E-state index is 13.3. The first kappa shape index (κ1) is 18.6. The molecule has 1 aliphatic heterocycles. The van der Waals surface area contributed by atoms with Crippen LogP contribution in [-0.4, -0.2) is 11.8 Å². The molecule has 1 heterocycles. The minimum absolute atomic E-state index is 0.206. The summed E-state index contributed by atoms with van der Waals surface area (Å²) < 4.78 is 13.3. The van der Waals surface area contributed by atoms with Gasteiger partial charge in [-0.1, -0.05) is 48.0 Å². The van der Waals surface area contributed by atoms with Gasteiger partial charge in [-0.25, -0.2) is 9.29 Å². The number of carbonyl (C=O) groups excluding carboxylic acids is 2. The van der Waals surface area contributed by atoms with E-state index in [0.717, 1.165) is 21.7 Å². The molecule has 0 bridgehead atoms. The van der Waals surface area contributed by atoms with Crippen molar-refractivity contribution >= 4 is 28.8 Å². The summed E-state index contributed by atoms with van der Waals surface area (Å²) in [5.74, 6) is -1.35. The Bertz CT molecular complexity index is 1130. The third kappa shape index (κ3) is 3.43. The molecule has 3 aromatic carbocycles. The number of hydrogen-bond acceptors (Lipinski definition) is 3. The minimum Gasteiger partial charge on any atom is -0.350 e. The average molecular weight is 386 g/mol. The molecule has 29 heavy (non-hydrogen) atoms. The zero-order valence-corrected chi connectivity index (χ0v) is 16.1. The first-order valence-corrected chi connectivity index (χ1v) is 9.24. The first-order valence-electron chi connectivity index (χ1n) is 9.24. The van der Waals surface area contributed by atoms with Crippen LogP contribution < -0.4 is 10.2 Å². The van der Waals surface area contributed by atoms with Crippen molar-refractivity contribution in [2.75, 3.05) is 10.2 Å². The van der Waals surface area contributed by atoms with Crippen LogP contribution in [-0.2, 0) is 9.59 Å². The van der Waals surface area contributed by atoms with Crippen molar-refractivity contribution in [3.05, 3.63) is 101 Å². The number of anilines is 2. The largest absolute Gasteiger partial charge is 0.350 e. The number of para-hydroxylation sites is 1. The summed E-state index contributed by atoms with van der Waals surface area (Å²) in [4.78, 5) is 27.6. The number of aryl methyl sites for hydroxylation is 2. The van der Waals surface area contributed by atoms with Gasteiger partial charge in [0.05, 0.1) is 11.3 Å². The summed E-state index contributed by atoms with van der Waals surface area (Å²) >= 11 is 0. The van der Waals surface area contributed by atoms with Crippen LogP contribution in [0.25, 0.3) is 5.57 Å². The molecule has 3 aromatic rings. The highest BCUT2D eigenvalue weighted by molar-refractivity contribution is 6.46. The van der Waals surface area contributed by atoms with Gasteiger partial charge in [-0.2, -0.15) is 0 Å². The van der Waals surface area contributed by atoms with Crippen LogP contribution in [0, 0.1) is 19.7 Å². The van der Waals surface area contributed by atoms with Crippen molar-refractivity contribution in [3.63, 3.8) is 0 Å². The van der Waals surface area contributed by atoms with Gasteiger partial charge in [0.1, 0.15) is 11.5 Å². The van der Waals surface area contributed by atoms with E-state index in [1.165, 1.54) is 24.3 Å². The van der Waals surface area contributed by atoms with Crippen molar-refractivity contribution in [2.24, 2.45) is 0 Å². The molecule has 4 nitrogen and oxygen atoms in total. The van der Waals surface area contributed by atoms with Gasteiger partial charge in [0.2, 0.25) is 0 Å². The molecule has 2 amide bonds. The van der Waals surface area contributed by atoms with Gasteiger partial charge in [0.15, 0.2) is 0 Å². The van der Waals surface area contributed by atoms with Gasteiger partial charge >= 0.3 is 0 Å². The zero-order chi connectivity index (χ0) is 20.5. The van der Waals surface area contributed by atoms with E-state index in [9.17, 15) is 14.0 Å². The van der Waals surface area contributed by atoms with E-state index in [-0.39, 0.29) is 5.70 Å². The highest BCUT2D eigenvalue weighted by Crippen LogP contribution is 2.34. The molecule has 0 spiro atoms. The number of hydrogen-bond donors (Lipinski definition) is 1. The van der Waals surface area contributed by atoms with E-state index in [0.29, 0.717) is 16.8 Å². The molecule has 0 radical (unpaired) electrons. The van der Waals surface area contributed by atoms with Crippen LogP contribution in [0.5, 0.6) is 0 Å². The lowest BCUT2D eigenvalue weighted by Crippen LogP contribution is -2.32. The summed E-state index contributed by atoms with van der Waals surface area (Å²) in [6.45, 7) is 3.88. The normalized spacial score (nSPS) is 14.0. The summed E-state index contributed by atoms with van der Waals surface area (Å²) in [6.07, 6.45) is 0. The first-order chi connectivity index (χ1) is 14.0. The molecule has 1 N–H and O–H groups in total. The van der Waals surface area contributed by atoms with Crippen LogP contribution in [0.3, 0.4) is 0 Å². The Kier molecular flexibility index (Phi) is 4.72. The number of carbonyl (C=O) groups is 2. The van der Waals surface area contributed by atoms with E-state index in [2.05, 4.69) is 5.32 Å². The Labute approximate surface area is 168 Å². The fourth-order valence-electron chi connectivity index (χ4n) is 3.31. The summed E-state index contributed by atoms with van der Waals surface area (Å²) in [5, 5.41) is 3.16. The number of amides is 2. The van der Waals surface area contributed by atoms with Gasteiger partial charge in [-0.3, -0.25) is 9.59 Å². The molecule has 5 heteroatoms. The lowest BCUT2D eigenvalue weighted by atomic mass is 10.0. The number of nitrogens with one attached hydrogen (secondary N) is 1. The number of nitrogens with zero attached hydrogens (tertiary/aromatic N) is 1. The molecular weight excluding hydrogens is 367 g/mol. The van der Waals surface area contributed by atoms with Crippen LogP contribution in [0.1, 0.15) is 16.7 Å². The Balaban J connectivity index is 1.83. The van der Waals surface area contributed by atoms with E-state index in [4.69, 9.17) is 0 Å². The molecule has 0 saturated carbocycles. The molecule has 1 aliphatic rings. The van der Waals surface area contributed by atoms with Crippen LogP contribution >= 0.6 is 0 Å². The summed E-state index contributed by atoms with van der Waals surface area (Å²) in [7, 11) is 0. The second kappa shape index (κ2) is 7.36. The minimum atomic E-state index is -0.472. The molecule has 0 unspecified atom stereocenters. The van der Waals surface area contributed by atoms with Crippen molar-refractivity contribution in [1.82, 2.24) is 0 Å². The van der Waals surface area contributed by atoms with Crippen LogP contribution in [0.2, 0.25) is 0 Å². The molecule has 0 saturated heterocycles. The van der Waals surface area contributed by atoms with Gasteiger partial charge in [0, 0.05) is 5.69 Å². The highest BCUT2D eigenvalue weighted by Gasteiger charge is 2.40. The second-order valence-electron chi connectivity index (χ2n) is 6.98. The Morgan fingerprint density at radius 2 is 1.45 bits per heavy atom. The fourth-order valence-corrected chi connectivity index (χ4v) is 3.31. The lowest BCUT2D eigenvalue weighted by molar-refractivity contribution is -0.120. The molecule has 0 atom stereocenters. The maximum atomic E-state index is 13.3. The van der Waals surface area contributed by atoms with Crippen molar-refractivity contribution < 1.29 is 14.0 Å². The second-order valence-corrected chi connectivity index (χ2v) is 6.98. The Morgan fingerprint density at radius 3 is 2.10 bits per heavy atom. The molecule has 0 aliphatic carbocycles. The lowest BCUT2D eigenvalue weighted by Gasteiger charge is -2.15. The SMILES string of the molecule is Cc1ccc(C2=C(Nc3ccccc3C)C(=O)N(c3ccc(F)cc3)C2=O)cc1. The number of rotatable bonds is 4. The quantitative estimate of drug-likeness (QED) is 0.653. The molecule has 0 fully saturated rings. The van der Waals surface area contributed by atoms with Crippen molar-refractivity contribution in [1.29, 1.82) is 0 Å². The highest BCUT2D eigenvalue weighted by atomic mass is 19.1. The van der Waals surface area contributed by atoms with E-state index < -0.39 is 17.6 Å². The van der Waals surface area contributed by atoms with Crippen LogP contribution in [0.15, 0.2) is 78.5 Å². The van der Waals surface area contributed by atoms with Gasteiger partial charge in [-0.05, 0) is 55.3 Å². The predicted octanol–water partition coefficient (Wildman–Crippen LogP) is 4.84. The predicted molar refractivity (Wildman–Crippen MR) is 112 cm³/mol. The average Bonchev–Trinajstić information content (AvgIpc) is 2.95. The van der Waals surface area contributed by atoms with Gasteiger partial charge < -0.3 is 5.32 Å². The summed E-state index contributed by atoms with van der Waals surface area (Å²) in [5.41, 5.74) is 4.22. The van der Waals surface area contributed by atoms with Gasteiger partial charge in [0.25, 0.3) is 11.8 Å². The monoisotopic (exact) mass is 386 g/mol. The van der Waals surface area contributed by atoms with Gasteiger partial charge in [-0.15, -0.1) is 0 Å². The Hall–Kier alpha value is -3.73. The van der Waals surface area contributed by atoms with E-state index in [1.54, 1.807) is 0 Å². The Morgan fingerprint density at radius 1 is 0.793 bits per heavy atom. The number of benzene rings is 3. The van der Waals surface area contributed by atoms with Crippen LogP contribution in [0.4, 0.5) is 15.8 Å². The van der Waals surface area contributed by atoms with Crippen molar-refractivity contribution in [2.45, 2.75) is 13.8 Å². The number of halogens is 1. The third-order valence-electron chi connectivity index (χ3n) is 4.91. The molecule has 0 aromatic heterocycles. The molecule has 4 rings (SSSR count). The summed E-state index contributed by atoms with van der Waals surface area (Å²) in [6, 6.07) is 20.3. The smallest absolute Gasteiger partial charge is 0.282 e. The maximum Gasteiger partial charge on any atom is 0.282 e.